The van der Waals surface area contributed by atoms with Gasteiger partial charge in [-0.15, -0.1) is 0 Å². The zero-order valence-corrected chi connectivity index (χ0v) is 16.2. The summed E-state index contributed by atoms with van der Waals surface area (Å²) in [6.07, 6.45) is 1.56. The second kappa shape index (κ2) is 7.03. The molecule has 1 saturated heterocycles. The lowest BCUT2D eigenvalue weighted by molar-refractivity contribution is -0.178. The summed E-state index contributed by atoms with van der Waals surface area (Å²) >= 11 is 0. The van der Waals surface area contributed by atoms with E-state index in [1.807, 2.05) is 6.92 Å². The first-order valence-corrected chi connectivity index (χ1v) is 10.3. The normalized spacial score (nSPS) is 31.9. The van der Waals surface area contributed by atoms with Crippen molar-refractivity contribution in [2.24, 2.45) is 29.1 Å². The lowest BCUT2D eigenvalue weighted by atomic mass is 9.83. The number of esters is 2. The van der Waals surface area contributed by atoms with Crippen molar-refractivity contribution >= 4 is 22.1 Å². The highest BCUT2D eigenvalue weighted by Crippen LogP contribution is 2.49. The topological polar surface area (TPSA) is 116 Å². The van der Waals surface area contributed by atoms with Crippen LogP contribution in [0.15, 0.2) is 12.2 Å². The molecule has 1 N–H and O–H groups in total. The highest BCUT2D eigenvalue weighted by Gasteiger charge is 2.56. The van der Waals surface area contributed by atoms with Crippen molar-refractivity contribution in [1.29, 1.82) is 0 Å². The number of carbonyl (C=O) groups is 2. The first-order chi connectivity index (χ1) is 12.9. The molecule has 158 valence electrons. The molecule has 3 aliphatic rings. The van der Waals surface area contributed by atoms with Crippen LogP contribution in [0.5, 0.6) is 0 Å². The van der Waals surface area contributed by atoms with Crippen molar-refractivity contribution in [1.82, 2.24) is 0 Å². The van der Waals surface area contributed by atoms with Crippen LogP contribution in [0.1, 0.15) is 20.3 Å². The van der Waals surface area contributed by atoms with Gasteiger partial charge < -0.3 is 14.2 Å². The molecule has 0 radical (unpaired) electrons. The predicted octanol–water partition coefficient (Wildman–Crippen LogP) is 1.42. The van der Waals surface area contributed by atoms with Crippen molar-refractivity contribution in [2.75, 3.05) is 19.8 Å². The molecule has 5 unspecified atom stereocenters. The van der Waals surface area contributed by atoms with Crippen LogP contribution in [0.3, 0.4) is 0 Å². The van der Waals surface area contributed by atoms with Gasteiger partial charge in [0.25, 0.3) is 0 Å². The summed E-state index contributed by atoms with van der Waals surface area (Å²) in [5, 5.41) is -4.66. The van der Waals surface area contributed by atoms with Crippen molar-refractivity contribution in [3.05, 3.63) is 12.2 Å². The van der Waals surface area contributed by atoms with Crippen molar-refractivity contribution in [2.45, 2.75) is 31.6 Å². The fourth-order valence-electron chi connectivity index (χ4n) is 3.87. The molecule has 1 aliphatic heterocycles. The Morgan fingerprint density at radius 2 is 1.79 bits per heavy atom. The van der Waals surface area contributed by atoms with Crippen LogP contribution in [-0.4, -0.2) is 56.1 Å². The average Bonchev–Trinajstić information content (AvgIpc) is 3.17. The second-order valence-corrected chi connectivity index (χ2v) is 9.52. The van der Waals surface area contributed by atoms with Crippen LogP contribution in [0.2, 0.25) is 0 Å². The van der Waals surface area contributed by atoms with Gasteiger partial charge in [0.2, 0.25) is 0 Å². The van der Waals surface area contributed by atoms with E-state index >= 15 is 0 Å². The maximum atomic E-state index is 13.7. The van der Waals surface area contributed by atoms with Crippen molar-refractivity contribution in [3.63, 3.8) is 0 Å². The Bertz CT molecular complexity index is 789. The lowest BCUT2D eigenvalue weighted by Crippen LogP contribution is -2.46. The molecular weight excluding hydrogens is 402 g/mol. The SMILES string of the molecule is CC(OC(=O)C1C2C=CC(C2)C1C(=O)OCC1(C)COC1)C(F)(F)S(=O)(=O)O. The third-order valence-corrected chi connectivity index (χ3v) is 6.60. The molecule has 11 heteroatoms. The molecule has 0 aromatic carbocycles. The van der Waals surface area contributed by atoms with Gasteiger partial charge in [-0.3, -0.25) is 14.1 Å². The fraction of sp³-hybridized carbons (Fsp3) is 0.765. The number of hydrogen-bond donors (Lipinski definition) is 1. The first kappa shape index (κ1) is 21.1. The summed E-state index contributed by atoms with van der Waals surface area (Å²) in [6.45, 7) is 3.56. The van der Waals surface area contributed by atoms with Crippen LogP contribution in [0, 0.1) is 29.1 Å². The minimum Gasteiger partial charge on any atom is -0.465 e. The van der Waals surface area contributed by atoms with E-state index in [0.29, 0.717) is 26.6 Å². The standard InChI is InChI=1S/C17H22F2O8S/c1-9(17(18,19)28(22,23)24)27-15(21)13-11-4-3-10(5-11)12(13)14(20)26-8-16(2)6-25-7-16/h3-4,9-13H,5-8H2,1-2H3,(H,22,23,24). The zero-order valence-electron chi connectivity index (χ0n) is 15.3. The number of allylic oxidation sites excluding steroid dienone is 2. The van der Waals surface area contributed by atoms with Crippen molar-refractivity contribution < 1.29 is 45.6 Å². The van der Waals surface area contributed by atoms with E-state index in [2.05, 4.69) is 4.74 Å². The van der Waals surface area contributed by atoms with Crippen molar-refractivity contribution in [3.8, 4) is 0 Å². The number of fused-ring (bicyclic) bond motifs is 2. The summed E-state index contributed by atoms with van der Waals surface area (Å²) in [6, 6.07) is 0. The van der Waals surface area contributed by atoms with Crippen LogP contribution in [0.25, 0.3) is 0 Å². The van der Waals surface area contributed by atoms with Gasteiger partial charge in [0.05, 0.1) is 25.0 Å². The number of carbonyl (C=O) groups excluding carboxylic acids is 2. The molecule has 0 aromatic rings. The third-order valence-electron chi connectivity index (χ3n) is 5.58. The Labute approximate surface area is 160 Å². The van der Waals surface area contributed by atoms with Gasteiger partial charge in [-0.2, -0.15) is 17.2 Å². The Morgan fingerprint density at radius 3 is 2.25 bits per heavy atom. The van der Waals surface area contributed by atoms with E-state index < -0.39 is 45.3 Å². The molecule has 1 saturated carbocycles. The van der Waals surface area contributed by atoms with Crippen LogP contribution in [0.4, 0.5) is 8.78 Å². The summed E-state index contributed by atoms with van der Waals surface area (Å²) in [5.74, 6) is -4.35. The molecule has 2 fully saturated rings. The molecule has 0 spiro atoms. The number of halogens is 2. The molecule has 0 amide bonds. The van der Waals surface area contributed by atoms with E-state index in [9.17, 15) is 26.8 Å². The maximum absolute atomic E-state index is 13.7. The van der Waals surface area contributed by atoms with E-state index in [0.717, 1.165) is 0 Å². The minimum atomic E-state index is -5.76. The average molecular weight is 424 g/mol. The largest absolute Gasteiger partial charge is 0.465 e. The quantitative estimate of drug-likeness (QED) is 0.371. The Kier molecular flexibility index (Phi) is 5.30. The van der Waals surface area contributed by atoms with Gasteiger partial charge >= 0.3 is 27.3 Å². The molecule has 2 aliphatic carbocycles. The number of rotatable bonds is 7. The fourth-order valence-corrected chi connectivity index (χ4v) is 4.34. The second-order valence-electron chi connectivity index (χ2n) is 8.03. The van der Waals surface area contributed by atoms with E-state index in [-0.39, 0.29) is 23.9 Å². The van der Waals surface area contributed by atoms with Gasteiger partial charge in [-0.25, -0.2) is 0 Å². The zero-order chi connectivity index (χ0) is 20.9. The number of hydrogen-bond acceptors (Lipinski definition) is 7. The van der Waals surface area contributed by atoms with Gasteiger partial charge in [0.1, 0.15) is 6.61 Å². The Hall–Kier alpha value is -1.59. The number of alkyl halides is 2. The highest BCUT2D eigenvalue weighted by atomic mass is 32.2. The molecule has 1 heterocycles. The molecular formula is C17H22F2O8S. The Balaban J connectivity index is 1.69. The van der Waals surface area contributed by atoms with Gasteiger partial charge in [-0.1, -0.05) is 19.1 Å². The van der Waals surface area contributed by atoms with E-state index in [4.69, 9.17) is 14.0 Å². The molecule has 0 aromatic heterocycles. The predicted molar refractivity (Wildman–Crippen MR) is 89.7 cm³/mol. The lowest BCUT2D eigenvalue weighted by Gasteiger charge is -2.37. The summed E-state index contributed by atoms with van der Waals surface area (Å²) in [7, 11) is -5.76. The smallest absolute Gasteiger partial charge is 0.405 e. The van der Waals surface area contributed by atoms with Gasteiger partial charge in [0, 0.05) is 5.41 Å². The molecule has 3 rings (SSSR count). The third kappa shape index (κ3) is 3.67. The maximum Gasteiger partial charge on any atom is 0.405 e. The van der Waals surface area contributed by atoms with Crippen LogP contribution >= 0.6 is 0 Å². The highest BCUT2D eigenvalue weighted by molar-refractivity contribution is 7.86. The first-order valence-electron chi connectivity index (χ1n) is 8.84. The summed E-state index contributed by atoms with van der Waals surface area (Å²) < 4.78 is 72.8. The molecule has 5 atom stereocenters. The van der Waals surface area contributed by atoms with E-state index in [1.54, 1.807) is 12.2 Å². The van der Waals surface area contributed by atoms with E-state index in [1.165, 1.54) is 0 Å². The molecule has 8 nitrogen and oxygen atoms in total. The summed E-state index contributed by atoms with van der Waals surface area (Å²) in [4.78, 5) is 25.1. The monoisotopic (exact) mass is 424 g/mol. The Morgan fingerprint density at radius 1 is 1.25 bits per heavy atom. The summed E-state index contributed by atoms with van der Waals surface area (Å²) in [5.41, 5.74) is -0.287. The number of ether oxygens (including phenoxy) is 3. The molecule has 2 bridgehead atoms. The minimum absolute atomic E-state index is 0.114. The van der Waals surface area contributed by atoms with Crippen LogP contribution in [-0.2, 0) is 33.9 Å². The van der Waals surface area contributed by atoms with Gasteiger partial charge in [0.15, 0.2) is 6.10 Å². The van der Waals surface area contributed by atoms with Gasteiger partial charge in [-0.05, 0) is 25.2 Å². The molecule has 28 heavy (non-hydrogen) atoms. The van der Waals surface area contributed by atoms with Crippen LogP contribution < -0.4 is 0 Å².